The number of hydrogen-bond acceptors (Lipinski definition) is 2. The Labute approximate surface area is 110 Å². The van der Waals surface area contributed by atoms with Gasteiger partial charge in [0.2, 0.25) is 0 Å². The summed E-state index contributed by atoms with van der Waals surface area (Å²) in [6, 6.07) is 13.6. The van der Waals surface area contributed by atoms with Crippen molar-refractivity contribution in [1.29, 1.82) is 5.26 Å². The Kier molecular flexibility index (Phi) is 3.81. The van der Waals surface area contributed by atoms with Gasteiger partial charge in [-0.2, -0.15) is 5.26 Å². The van der Waals surface area contributed by atoms with Crippen LogP contribution in [0.1, 0.15) is 11.1 Å². The molecule has 0 saturated carbocycles. The topological polar surface area (TPSA) is 35.8 Å². The van der Waals surface area contributed by atoms with Gasteiger partial charge in [-0.3, -0.25) is 0 Å². The van der Waals surface area contributed by atoms with Crippen LogP contribution in [0.2, 0.25) is 5.02 Å². The van der Waals surface area contributed by atoms with Crippen LogP contribution < -0.4 is 5.32 Å². The molecule has 0 aliphatic rings. The molecular formula is C14H10ClFN2. The quantitative estimate of drug-likeness (QED) is 0.907. The predicted molar refractivity (Wildman–Crippen MR) is 69.9 cm³/mol. The van der Waals surface area contributed by atoms with Crippen LogP contribution in [0.15, 0.2) is 42.5 Å². The zero-order chi connectivity index (χ0) is 13.0. The number of benzene rings is 2. The summed E-state index contributed by atoms with van der Waals surface area (Å²) in [4.78, 5) is 0. The normalized spacial score (nSPS) is 9.83. The van der Waals surface area contributed by atoms with Gasteiger partial charge < -0.3 is 5.32 Å². The third kappa shape index (κ3) is 2.99. The maximum atomic E-state index is 13.6. The van der Waals surface area contributed by atoms with Crippen LogP contribution in [0.3, 0.4) is 0 Å². The molecule has 0 radical (unpaired) electrons. The Morgan fingerprint density at radius 2 is 1.89 bits per heavy atom. The highest BCUT2D eigenvalue weighted by Gasteiger charge is 2.03. The molecule has 0 unspecified atom stereocenters. The zero-order valence-electron chi connectivity index (χ0n) is 9.45. The van der Waals surface area contributed by atoms with Crippen LogP contribution >= 0.6 is 11.6 Å². The third-order valence-electron chi connectivity index (χ3n) is 2.49. The number of hydrogen-bond donors (Lipinski definition) is 1. The first-order valence-electron chi connectivity index (χ1n) is 5.37. The molecule has 0 spiro atoms. The van der Waals surface area contributed by atoms with Crippen molar-refractivity contribution in [1.82, 2.24) is 0 Å². The molecule has 2 rings (SSSR count). The second kappa shape index (κ2) is 5.52. The molecule has 0 bridgehead atoms. The summed E-state index contributed by atoms with van der Waals surface area (Å²) in [6.45, 7) is 0.500. The molecular weight excluding hydrogens is 251 g/mol. The van der Waals surface area contributed by atoms with E-state index in [1.54, 1.807) is 24.3 Å². The molecule has 2 aromatic carbocycles. The number of halogens is 2. The highest BCUT2D eigenvalue weighted by atomic mass is 35.5. The van der Waals surface area contributed by atoms with Crippen LogP contribution in [-0.2, 0) is 6.54 Å². The molecule has 2 nitrogen and oxygen atoms in total. The van der Waals surface area contributed by atoms with Gasteiger partial charge in [0.1, 0.15) is 5.82 Å². The first kappa shape index (κ1) is 12.4. The van der Waals surface area contributed by atoms with Gasteiger partial charge in [-0.05, 0) is 35.9 Å². The van der Waals surface area contributed by atoms with Crippen molar-refractivity contribution in [3.63, 3.8) is 0 Å². The second-order valence-electron chi connectivity index (χ2n) is 3.79. The van der Waals surface area contributed by atoms with Gasteiger partial charge >= 0.3 is 0 Å². The lowest BCUT2D eigenvalue weighted by Gasteiger charge is -2.07. The zero-order valence-corrected chi connectivity index (χ0v) is 10.2. The number of rotatable bonds is 3. The van der Waals surface area contributed by atoms with E-state index in [4.69, 9.17) is 16.9 Å². The molecule has 18 heavy (non-hydrogen) atoms. The van der Waals surface area contributed by atoms with E-state index in [0.717, 1.165) is 5.56 Å². The molecule has 0 aliphatic carbocycles. The first-order chi connectivity index (χ1) is 8.69. The van der Waals surface area contributed by atoms with Gasteiger partial charge in [-0.1, -0.05) is 23.7 Å². The monoisotopic (exact) mass is 260 g/mol. The molecule has 0 aliphatic heterocycles. The SMILES string of the molecule is N#Cc1ccc(NCc2ccc(Cl)cc2)c(F)c1. The van der Waals surface area contributed by atoms with E-state index in [1.807, 2.05) is 18.2 Å². The fourth-order valence-corrected chi connectivity index (χ4v) is 1.65. The lowest BCUT2D eigenvalue weighted by Crippen LogP contribution is -2.01. The number of nitrogens with one attached hydrogen (secondary N) is 1. The average molecular weight is 261 g/mol. The van der Waals surface area contributed by atoms with Crippen molar-refractivity contribution in [3.05, 3.63) is 64.4 Å². The largest absolute Gasteiger partial charge is 0.379 e. The van der Waals surface area contributed by atoms with Gasteiger partial charge in [-0.15, -0.1) is 0 Å². The van der Waals surface area contributed by atoms with E-state index < -0.39 is 5.82 Å². The number of nitriles is 1. The van der Waals surface area contributed by atoms with Crippen LogP contribution in [0.4, 0.5) is 10.1 Å². The average Bonchev–Trinajstić information content (AvgIpc) is 2.39. The maximum Gasteiger partial charge on any atom is 0.147 e. The minimum Gasteiger partial charge on any atom is -0.379 e. The molecule has 0 aromatic heterocycles. The van der Waals surface area contributed by atoms with Gasteiger partial charge in [0.05, 0.1) is 17.3 Å². The summed E-state index contributed by atoms with van der Waals surface area (Å²) in [5, 5.41) is 12.3. The van der Waals surface area contributed by atoms with Crippen LogP contribution in [0.5, 0.6) is 0 Å². The van der Waals surface area contributed by atoms with Crippen molar-refractivity contribution >= 4 is 17.3 Å². The van der Waals surface area contributed by atoms with E-state index in [9.17, 15) is 4.39 Å². The van der Waals surface area contributed by atoms with Crippen LogP contribution in [0, 0.1) is 17.1 Å². The third-order valence-corrected chi connectivity index (χ3v) is 2.75. The smallest absolute Gasteiger partial charge is 0.147 e. The summed E-state index contributed by atoms with van der Waals surface area (Å²) in [6.07, 6.45) is 0. The Balaban J connectivity index is 2.06. The molecule has 0 amide bonds. The first-order valence-corrected chi connectivity index (χ1v) is 5.75. The second-order valence-corrected chi connectivity index (χ2v) is 4.22. The van der Waals surface area contributed by atoms with E-state index in [0.29, 0.717) is 22.8 Å². The molecule has 2 aromatic rings. The predicted octanol–water partition coefficient (Wildman–Crippen LogP) is 3.96. The molecule has 0 atom stereocenters. The summed E-state index contributed by atoms with van der Waals surface area (Å²) in [7, 11) is 0. The summed E-state index contributed by atoms with van der Waals surface area (Å²) in [5.74, 6) is -0.428. The maximum absolute atomic E-state index is 13.6. The number of anilines is 1. The van der Waals surface area contributed by atoms with Crippen LogP contribution in [-0.4, -0.2) is 0 Å². The lowest BCUT2D eigenvalue weighted by molar-refractivity contribution is 0.629. The van der Waals surface area contributed by atoms with Crippen LogP contribution in [0.25, 0.3) is 0 Å². The van der Waals surface area contributed by atoms with Gasteiger partial charge in [-0.25, -0.2) is 4.39 Å². The summed E-state index contributed by atoms with van der Waals surface area (Å²) in [5.41, 5.74) is 1.69. The van der Waals surface area contributed by atoms with Crippen molar-refractivity contribution in [2.45, 2.75) is 6.54 Å². The Bertz CT molecular complexity index is 588. The van der Waals surface area contributed by atoms with Crippen molar-refractivity contribution in [3.8, 4) is 6.07 Å². The molecule has 1 N–H and O–H groups in total. The molecule has 4 heteroatoms. The Hall–Kier alpha value is -2.05. The lowest BCUT2D eigenvalue weighted by atomic mass is 10.2. The number of nitrogens with zero attached hydrogens (tertiary/aromatic N) is 1. The minimum absolute atomic E-state index is 0.310. The van der Waals surface area contributed by atoms with E-state index in [-0.39, 0.29) is 0 Å². The highest BCUT2D eigenvalue weighted by molar-refractivity contribution is 6.30. The van der Waals surface area contributed by atoms with E-state index in [1.165, 1.54) is 6.07 Å². The minimum atomic E-state index is -0.428. The summed E-state index contributed by atoms with van der Waals surface area (Å²) < 4.78 is 13.6. The standard InChI is InChI=1S/C14H10ClFN2/c15-12-4-1-10(2-5-12)9-18-14-6-3-11(8-17)7-13(14)16/h1-7,18H,9H2. The Morgan fingerprint density at radius 3 is 2.50 bits per heavy atom. The van der Waals surface area contributed by atoms with Gasteiger partial charge in [0.15, 0.2) is 0 Å². The fourth-order valence-electron chi connectivity index (χ4n) is 1.53. The molecule has 0 saturated heterocycles. The molecule has 90 valence electrons. The van der Waals surface area contributed by atoms with Crippen molar-refractivity contribution in [2.24, 2.45) is 0 Å². The molecule has 0 fully saturated rings. The van der Waals surface area contributed by atoms with E-state index in [2.05, 4.69) is 5.32 Å². The molecule has 0 heterocycles. The van der Waals surface area contributed by atoms with E-state index >= 15 is 0 Å². The summed E-state index contributed by atoms with van der Waals surface area (Å²) >= 11 is 5.78. The Morgan fingerprint density at radius 1 is 1.17 bits per heavy atom. The fraction of sp³-hybridized carbons (Fsp3) is 0.0714. The highest BCUT2D eigenvalue weighted by Crippen LogP contribution is 2.17. The van der Waals surface area contributed by atoms with Crippen molar-refractivity contribution in [2.75, 3.05) is 5.32 Å². The van der Waals surface area contributed by atoms with Gasteiger partial charge in [0.25, 0.3) is 0 Å². The van der Waals surface area contributed by atoms with Gasteiger partial charge in [0, 0.05) is 11.6 Å². The van der Waals surface area contributed by atoms with Crippen molar-refractivity contribution < 1.29 is 4.39 Å².